The molecule has 0 atom stereocenters. The Hall–Kier alpha value is -7.62. The number of fused-ring (bicyclic) bond motifs is 10. The van der Waals surface area contributed by atoms with E-state index < -0.39 is 0 Å². The van der Waals surface area contributed by atoms with Crippen molar-refractivity contribution in [2.45, 2.75) is 0 Å². The fourth-order valence-corrected chi connectivity index (χ4v) is 9.36. The van der Waals surface area contributed by atoms with Crippen molar-refractivity contribution in [3.8, 4) is 39.3 Å². The van der Waals surface area contributed by atoms with Crippen LogP contribution < -0.4 is 0 Å². The first kappa shape index (κ1) is 31.7. The molecule has 266 valence electrons. The van der Waals surface area contributed by atoms with E-state index in [1.54, 1.807) is 0 Å². The maximum absolute atomic E-state index is 2.46. The van der Waals surface area contributed by atoms with Crippen molar-refractivity contribution in [2.24, 2.45) is 0 Å². The predicted octanol–water partition coefficient (Wildman–Crippen LogP) is 14.3. The molecule has 3 heterocycles. The molecule has 0 amide bonds. The van der Waals surface area contributed by atoms with Gasteiger partial charge >= 0.3 is 0 Å². The van der Waals surface area contributed by atoms with Gasteiger partial charge < -0.3 is 13.7 Å². The lowest BCUT2D eigenvalue weighted by atomic mass is 10.00. The van der Waals surface area contributed by atoms with Gasteiger partial charge in [-0.3, -0.25) is 0 Å². The Morgan fingerprint density at radius 1 is 0.211 bits per heavy atom. The van der Waals surface area contributed by atoms with Crippen LogP contribution in [-0.4, -0.2) is 13.7 Å². The van der Waals surface area contributed by atoms with Gasteiger partial charge in [0.05, 0.1) is 33.1 Å². The summed E-state index contributed by atoms with van der Waals surface area (Å²) in [6, 6.07) is 77.4. The van der Waals surface area contributed by atoms with Gasteiger partial charge in [0.15, 0.2) is 0 Å². The molecule has 0 bridgehead atoms. The van der Waals surface area contributed by atoms with E-state index in [2.05, 4.69) is 226 Å². The van der Waals surface area contributed by atoms with Crippen LogP contribution in [0.2, 0.25) is 0 Å². The summed E-state index contributed by atoms with van der Waals surface area (Å²) in [6.45, 7) is 0. The highest BCUT2D eigenvalue weighted by molar-refractivity contribution is 6.29. The van der Waals surface area contributed by atoms with Crippen LogP contribution in [0.15, 0.2) is 212 Å². The Kier molecular flexibility index (Phi) is 6.93. The van der Waals surface area contributed by atoms with Gasteiger partial charge in [0.25, 0.3) is 0 Å². The van der Waals surface area contributed by atoms with Gasteiger partial charge in [-0.2, -0.15) is 0 Å². The second kappa shape index (κ2) is 12.5. The predicted molar refractivity (Wildman–Crippen MR) is 240 cm³/mol. The molecule has 0 N–H and O–H groups in total. The van der Waals surface area contributed by atoms with E-state index in [1.807, 2.05) is 0 Å². The molecule has 12 aromatic rings. The Morgan fingerprint density at radius 2 is 0.596 bits per heavy atom. The third-order valence-electron chi connectivity index (χ3n) is 11.8. The Balaban J connectivity index is 1.14. The highest BCUT2D eigenvalue weighted by atomic mass is 15.0. The van der Waals surface area contributed by atoms with E-state index in [0.29, 0.717) is 0 Å². The lowest BCUT2D eigenvalue weighted by molar-refractivity contribution is 1.17. The summed E-state index contributed by atoms with van der Waals surface area (Å²) in [7, 11) is 0. The van der Waals surface area contributed by atoms with Crippen molar-refractivity contribution in [3.63, 3.8) is 0 Å². The zero-order valence-electron chi connectivity index (χ0n) is 31.0. The van der Waals surface area contributed by atoms with E-state index in [0.717, 1.165) is 17.1 Å². The first-order valence-corrected chi connectivity index (χ1v) is 19.6. The van der Waals surface area contributed by atoms with Crippen molar-refractivity contribution < 1.29 is 0 Å². The van der Waals surface area contributed by atoms with E-state index in [4.69, 9.17) is 0 Å². The summed E-state index contributed by atoms with van der Waals surface area (Å²) in [5.74, 6) is 0. The molecule has 9 aromatic carbocycles. The lowest BCUT2D eigenvalue weighted by Gasteiger charge is -2.12. The van der Waals surface area contributed by atoms with Crippen LogP contribution in [0.4, 0.5) is 0 Å². The molecule has 3 nitrogen and oxygen atoms in total. The van der Waals surface area contributed by atoms with Crippen molar-refractivity contribution in [3.05, 3.63) is 212 Å². The number of hydrogen-bond donors (Lipinski definition) is 0. The molecule has 0 saturated heterocycles. The smallest absolute Gasteiger partial charge is 0.0548 e. The Morgan fingerprint density at radius 3 is 1.23 bits per heavy atom. The minimum Gasteiger partial charge on any atom is -0.309 e. The monoisotopic (exact) mass is 725 g/mol. The zero-order valence-corrected chi connectivity index (χ0v) is 31.0. The van der Waals surface area contributed by atoms with E-state index in [9.17, 15) is 0 Å². The maximum Gasteiger partial charge on any atom is 0.0548 e. The topological polar surface area (TPSA) is 14.8 Å². The summed E-state index contributed by atoms with van der Waals surface area (Å²) in [5.41, 5.74) is 15.4. The van der Waals surface area contributed by atoms with Gasteiger partial charge in [-0.1, -0.05) is 133 Å². The number of nitrogens with zero attached hydrogens (tertiary/aromatic N) is 3. The highest BCUT2D eigenvalue weighted by Gasteiger charge is 2.21. The molecular formula is C54H35N3. The summed E-state index contributed by atoms with van der Waals surface area (Å²) < 4.78 is 7.28. The molecular weight excluding hydrogens is 691 g/mol. The largest absolute Gasteiger partial charge is 0.309 e. The average molecular weight is 726 g/mol. The second-order valence-corrected chi connectivity index (χ2v) is 14.9. The second-order valence-electron chi connectivity index (χ2n) is 14.9. The summed E-state index contributed by atoms with van der Waals surface area (Å²) in [4.78, 5) is 0. The zero-order chi connectivity index (χ0) is 37.5. The molecule has 3 aromatic heterocycles. The van der Waals surface area contributed by atoms with Gasteiger partial charge in [-0.05, 0) is 101 Å². The first-order chi connectivity index (χ1) is 28.3. The number of para-hydroxylation sites is 4. The number of rotatable bonds is 5. The molecule has 0 spiro atoms. The fourth-order valence-electron chi connectivity index (χ4n) is 9.36. The number of aromatic nitrogens is 3. The van der Waals surface area contributed by atoms with E-state index >= 15 is 0 Å². The molecule has 0 aliphatic carbocycles. The quantitative estimate of drug-likeness (QED) is 0.168. The normalized spacial score (nSPS) is 11.9. The van der Waals surface area contributed by atoms with Crippen molar-refractivity contribution in [1.82, 2.24) is 13.7 Å². The van der Waals surface area contributed by atoms with Crippen molar-refractivity contribution in [1.29, 1.82) is 0 Å². The standard InChI is InChI=1S/C54H35N3/c1-3-15-36(16-4-1)37-17-13-22-42(33-37)57-50-30-29-39(38-18-14-21-41(34-38)56-47-26-10-7-23-43(47)44-24-8-11-27-48(44)56)35-46(50)54-52(57)32-31-51-53(54)45-25-9-12-28-49(45)55(51)40-19-5-2-6-20-40/h1-35H. The molecule has 0 radical (unpaired) electrons. The summed E-state index contributed by atoms with van der Waals surface area (Å²) >= 11 is 0. The number of benzene rings is 9. The molecule has 0 saturated carbocycles. The molecule has 0 fully saturated rings. The van der Waals surface area contributed by atoms with Crippen LogP contribution in [0.25, 0.3) is 105 Å². The number of hydrogen-bond acceptors (Lipinski definition) is 0. The van der Waals surface area contributed by atoms with Gasteiger partial charge in [0.1, 0.15) is 0 Å². The lowest BCUT2D eigenvalue weighted by Crippen LogP contribution is -1.95. The van der Waals surface area contributed by atoms with Gasteiger partial charge in [0.2, 0.25) is 0 Å². The molecule has 0 aliphatic rings. The van der Waals surface area contributed by atoms with Crippen LogP contribution in [0.3, 0.4) is 0 Å². The summed E-state index contributed by atoms with van der Waals surface area (Å²) in [5, 5.41) is 7.55. The highest BCUT2D eigenvalue weighted by Crippen LogP contribution is 2.44. The van der Waals surface area contributed by atoms with Gasteiger partial charge in [-0.15, -0.1) is 0 Å². The van der Waals surface area contributed by atoms with Crippen LogP contribution in [0.1, 0.15) is 0 Å². The fraction of sp³-hybridized carbons (Fsp3) is 0. The molecule has 3 heteroatoms. The summed E-state index contributed by atoms with van der Waals surface area (Å²) in [6.07, 6.45) is 0. The molecule has 12 rings (SSSR count). The first-order valence-electron chi connectivity index (χ1n) is 19.6. The van der Waals surface area contributed by atoms with Crippen molar-refractivity contribution in [2.75, 3.05) is 0 Å². The van der Waals surface area contributed by atoms with E-state index in [1.165, 1.54) is 87.7 Å². The molecule has 0 unspecified atom stereocenters. The average Bonchev–Trinajstić information content (AvgIpc) is 3.92. The molecule has 0 aliphatic heterocycles. The van der Waals surface area contributed by atoms with Crippen molar-refractivity contribution >= 4 is 65.4 Å². The minimum atomic E-state index is 1.14. The SMILES string of the molecule is c1ccc(-c2cccc(-n3c4ccc(-c5cccc(-n6c7ccccc7c7ccccc76)c5)cc4c4c5c6ccccc6n(-c6ccccc6)c5ccc43)c2)cc1. The van der Waals surface area contributed by atoms with Gasteiger partial charge in [-0.25, -0.2) is 0 Å². The minimum absolute atomic E-state index is 1.14. The third-order valence-corrected chi connectivity index (χ3v) is 11.8. The Bertz CT molecular complexity index is 3460. The third kappa shape index (κ3) is 4.79. The van der Waals surface area contributed by atoms with Gasteiger partial charge in [0, 0.05) is 49.4 Å². The Labute approximate surface area is 329 Å². The maximum atomic E-state index is 2.46. The van der Waals surface area contributed by atoms with Crippen LogP contribution in [0.5, 0.6) is 0 Å². The van der Waals surface area contributed by atoms with Crippen LogP contribution in [0, 0.1) is 0 Å². The van der Waals surface area contributed by atoms with Crippen LogP contribution >= 0.6 is 0 Å². The van der Waals surface area contributed by atoms with E-state index in [-0.39, 0.29) is 0 Å². The van der Waals surface area contributed by atoms with Crippen LogP contribution in [-0.2, 0) is 0 Å². The molecule has 57 heavy (non-hydrogen) atoms.